The number of benzene rings is 1. The molecule has 0 saturated carbocycles. The van der Waals surface area contributed by atoms with Gasteiger partial charge in [-0.3, -0.25) is 0 Å². The van der Waals surface area contributed by atoms with Crippen LogP contribution in [0.25, 0.3) is 0 Å². The van der Waals surface area contributed by atoms with E-state index >= 15 is 0 Å². The quantitative estimate of drug-likeness (QED) is 0.907. The maximum Gasteiger partial charge on any atom is 0.321 e. The van der Waals surface area contributed by atoms with Crippen LogP contribution in [0.1, 0.15) is 39.5 Å². The lowest BCUT2D eigenvalue weighted by Gasteiger charge is -2.48. The number of hydrogen-bond donors (Lipinski definition) is 1. The van der Waals surface area contributed by atoms with Gasteiger partial charge in [0.1, 0.15) is 0 Å². The molecule has 1 N–H and O–H groups in total. The second kappa shape index (κ2) is 8.19. The summed E-state index contributed by atoms with van der Waals surface area (Å²) in [5, 5.41) is 2.99. The molecule has 1 aromatic rings. The minimum atomic E-state index is -0.0327. The predicted octanol–water partition coefficient (Wildman–Crippen LogP) is 3.57. The number of likely N-dealkylation sites (tertiary alicyclic amines) is 1. The summed E-state index contributed by atoms with van der Waals surface area (Å²) in [5.41, 5.74) is 0.818. The lowest BCUT2D eigenvalue weighted by molar-refractivity contribution is -0.128. The van der Waals surface area contributed by atoms with Gasteiger partial charge >= 0.3 is 6.03 Å². The van der Waals surface area contributed by atoms with Gasteiger partial charge in [-0.15, -0.1) is 0 Å². The SMILES string of the molecule is CCN(CC)C1CCOC2(CCN(C(=O)Nc3ccccc3)CC2)C1. The van der Waals surface area contributed by atoms with Gasteiger partial charge in [-0.25, -0.2) is 4.79 Å². The highest BCUT2D eigenvalue weighted by Crippen LogP contribution is 2.36. The summed E-state index contributed by atoms with van der Waals surface area (Å²) in [6, 6.07) is 10.3. The van der Waals surface area contributed by atoms with Gasteiger partial charge in [0.15, 0.2) is 0 Å². The van der Waals surface area contributed by atoms with Crippen molar-refractivity contribution in [3.63, 3.8) is 0 Å². The first-order chi connectivity index (χ1) is 12.2. The molecule has 2 fully saturated rings. The molecule has 5 nitrogen and oxygen atoms in total. The summed E-state index contributed by atoms with van der Waals surface area (Å²) < 4.78 is 6.24. The molecule has 2 aliphatic heterocycles. The number of anilines is 1. The van der Waals surface area contributed by atoms with Gasteiger partial charge in [-0.1, -0.05) is 32.0 Å². The Balaban J connectivity index is 1.54. The van der Waals surface area contributed by atoms with E-state index in [0.29, 0.717) is 6.04 Å². The van der Waals surface area contributed by atoms with Gasteiger partial charge in [-0.2, -0.15) is 0 Å². The third-order valence-electron chi connectivity index (χ3n) is 5.78. The summed E-state index contributed by atoms with van der Waals surface area (Å²) in [6.45, 7) is 9.06. The van der Waals surface area contributed by atoms with E-state index in [-0.39, 0.29) is 11.6 Å². The van der Waals surface area contributed by atoms with Crippen LogP contribution in [0, 0.1) is 0 Å². The van der Waals surface area contributed by atoms with Gasteiger partial charge in [0, 0.05) is 31.4 Å². The predicted molar refractivity (Wildman–Crippen MR) is 101 cm³/mol. The topological polar surface area (TPSA) is 44.8 Å². The molecule has 0 aliphatic carbocycles. The Bertz CT molecular complexity index is 551. The number of carbonyl (C=O) groups excluding carboxylic acids is 1. The largest absolute Gasteiger partial charge is 0.375 e. The highest BCUT2D eigenvalue weighted by atomic mass is 16.5. The molecule has 1 atom stereocenters. The molecule has 25 heavy (non-hydrogen) atoms. The van der Waals surface area contributed by atoms with Crippen molar-refractivity contribution in [1.82, 2.24) is 9.80 Å². The van der Waals surface area contributed by atoms with Crippen molar-refractivity contribution < 1.29 is 9.53 Å². The number of rotatable bonds is 4. The first-order valence-corrected chi connectivity index (χ1v) is 9.65. The summed E-state index contributed by atoms with van der Waals surface area (Å²) in [5.74, 6) is 0. The molecule has 3 rings (SSSR count). The number of amides is 2. The summed E-state index contributed by atoms with van der Waals surface area (Å²) in [6.07, 6.45) is 4.10. The van der Waals surface area contributed by atoms with E-state index in [1.54, 1.807) is 0 Å². The number of hydrogen-bond acceptors (Lipinski definition) is 3. The molecular formula is C20H31N3O2. The van der Waals surface area contributed by atoms with Gasteiger partial charge < -0.3 is 19.9 Å². The van der Waals surface area contributed by atoms with Crippen LogP contribution in [-0.4, -0.2) is 60.3 Å². The van der Waals surface area contributed by atoms with E-state index in [2.05, 4.69) is 24.1 Å². The second-order valence-corrected chi connectivity index (χ2v) is 7.18. The molecule has 1 spiro atoms. The fourth-order valence-corrected chi connectivity index (χ4v) is 4.24. The lowest BCUT2D eigenvalue weighted by atomic mass is 9.82. The third kappa shape index (κ3) is 4.33. The average molecular weight is 345 g/mol. The molecule has 2 saturated heterocycles. The number of para-hydroxylation sites is 1. The zero-order chi connectivity index (χ0) is 17.7. The van der Waals surface area contributed by atoms with Gasteiger partial charge in [-0.05, 0) is 50.9 Å². The Kier molecular flexibility index (Phi) is 5.97. The number of piperidine rings is 1. The van der Waals surface area contributed by atoms with E-state index in [1.165, 1.54) is 0 Å². The Morgan fingerprint density at radius 2 is 1.92 bits per heavy atom. The van der Waals surface area contributed by atoms with Gasteiger partial charge in [0.25, 0.3) is 0 Å². The molecule has 2 amide bonds. The summed E-state index contributed by atoms with van der Waals surface area (Å²) >= 11 is 0. The standard InChI is InChI=1S/C20H31N3O2/c1-3-22(4-2)18-10-15-25-20(16-18)11-13-23(14-12-20)19(24)21-17-8-6-5-7-9-17/h5-9,18H,3-4,10-16H2,1-2H3,(H,21,24). The molecule has 5 heteroatoms. The number of carbonyl (C=O) groups is 1. The van der Waals surface area contributed by atoms with Crippen LogP contribution in [0.15, 0.2) is 30.3 Å². The van der Waals surface area contributed by atoms with Gasteiger partial charge in [0.2, 0.25) is 0 Å². The smallest absolute Gasteiger partial charge is 0.321 e. The molecular weight excluding hydrogens is 314 g/mol. The molecule has 0 aromatic heterocycles. The van der Waals surface area contributed by atoms with Crippen molar-refractivity contribution in [2.24, 2.45) is 0 Å². The molecule has 2 heterocycles. The molecule has 138 valence electrons. The van der Waals surface area contributed by atoms with E-state index in [4.69, 9.17) is 4.74 Å². The van der Waals surface area contributed by atoms with E-state index in [9.17, 15) is 4.79 Å². The first kappa shape index (κ1) is 18.2. The molecule has 0 radical (unpaired) electrons. The highest BCUT2D eigenvalue weighted by Gasteiger charge is 2.42. The van der Waals surface area contributed by atoms with Crippen molar-refractivity contribution in [3.8, 4) is 0 Å². The Hall–Kier alpha value is -1.59. The monoisotopic (exact) mass is 345 g/mol. The Morgan fingerprint density at radius 1 is 1.24 bits per heavy atom. The van der Waals surface area contributed by atoms with Crippen LogP contribution in [0.4, 0.5) is 10.5 Å². The van der Waals surface area contributed by atoms with Crippen molar-refractivity contribution in [2.75, 3.05) is 38.1 Å². The van der Waals surface area contributed by atoms with E-state index in [0.717, 1.165) is 64.2 Å². The molecule has 2 aliphatic rings. The minimum Gasteiger partial charge on any atom is -0.375 e. The average Bonchev–Trinajstić information content (AvgIpc) is 2.64. The molecule has 1 unspecified atom stereocenters. The maximum absolute atomic E-state index is 12.5. The van der Waals surface area contributed by atoms with Crippen LogP contribution < -0.4 is 5.32 Å². The highest BCUT2D eigenvalue weighted by molar-refractivity contribution is 5.89. The van der Waals surface area contributed by atoms with E-state index in [1.807, 2.05) is 35.2 Å². The number of ether oxygens (including phenoxy) is 1. The van der Waals surface area contributed by atoms with Gasteiger partial charge in [0.05, 0.1) is 5.60 Å². The van der Waals surface area contributed by atoms with Crippen molar-refractivity contribution in [1.29, 1.82) is 0 Å². The summed E-state index contributed by atoms with van der Waals surface area (Å²) in [7, 11) is 0. The maximum atomic E-state index is 12.5. The third-order valence-corrected chi connectivity index (χ3v) is 5.78. The Morgan fingerprint density at radius 3 is 2.56 bits per heavy atom. The molecule has 0 bridgehead atoms. The summed E-state index contributed by atoms with van der Waals surface area (Å²) in [4.78, 5) is 16.9. The lowest BCUT2D eigenvalue weighted by Crippen LogP contribution is -2.55. The van der Waals surface area contributed by atoms with Crippen molar-refractivity contribution in [2.45, 2.75) is 51.2 Å². The fraction of sp³-hybridized carbons (Fsp3) is 0.650. The zero-order valence-corrected chi connectivity index (χ0v) is 15.5. The van der Waals surface area contributed by atoms with Crippen LogP contribution >= 0.6 is 0 Å². The van der Waals surface area contributed by atoms with E-state index < -0.39 is 0 Å². The number of nitrogens with zero attached hydrogens (tertiary/aromatic N) is 2. The van der Waals surface area contributed by atoms with Crippen LogP contribution in [0.3, 0.4) is 0 Å². The number of nitrogens with one attached hydrogen (secondary N) is 1. The Labute approximate surface area is 151 Å². The number of urea groups is 1. The molecule has 1 aromatic carbocycles. The van der Waals surface area contributed by atoms with Crippen LogP contribution in [-0.2, 0) is 4.74 Å². The zero-order valence-electron chi connectivity index (χ0n) is 15.5. The van der Waals surface area contributed by atoms with Crippen molar-refractivity contribution in [3.05, 3.63) is 30.3 Å². The second-order valence-electron chi connectivity index (χ2n) is 7.18. The first-order valence-electron chi connectivity index (χ1n) is 9.65. The van der Waals surface area contributed by atoms with Crippen molar-refractivity contribution >= 4 is 11.7 Å². The van der Waals surface area contributed by atoms with Crippen LogP contribution in [0.5, 0.6) is 0 Å². The minimum absolute atomic E-state index is 0.00264. The van der Waals surface area contributed by atoms with Crippen LogP contribution in [0.2, 0.25) is 0 Å². The fourth-order valence-electron chi connectivity index (χ4n) is 4.24. The normalized spacial score (nSPS) is 23.0.